The summed E-state index contributed by atoms with van der Waals surface area (Å²) in [5.74, 6) is -1.97. The van der Waals surface area contributed by atoms with E-state index in [1.54, 1.807) is 20.2 Å². The number of esters is 1. The second-order valence-electron chi connectivity index (χ2n) is 10.5. The van der Waals surface area contributed by atoms with E-state index in [0.717, 1.165) is 14.7 Å². The highest BCUT2D eigenvalue weighted by atomic mass is 32.2. The highest BCUT2D eigenvalue weighted by molar-refractivity contribution is 7.98. The number of β-lactam (4-membered cyclic amide) rings is 1. The van der Waals surface area contributed by atoms with Crippen LogP contribution in [-0.4, -0.2) is 68.2 Å². The van der Waals surface area contributed by atoms with Crippen LogP contribution in [0.5, 0.6) is 0 Å². The smallest absolute Gasteiger partial charge is 0.431 e. The Bertz CT molecular complexity index is 1260. The van der Waals surface area contributed by atoms with Crippen molar-refractivity contribution in [1.29, 1.82) is 0 Å². The largest absolute Gasteiger partial charge is 0.511 e. The Hall–Kier alpha value is -2.57. The summed E-state index contributed by atoms with van der Waals surface area (Å²) >= 11 is 2.99. The Balaban J connectivity index is 1.62. The molecule has 1 saturated heterocycles. The van der Waals surface area contributed by atoms with Gasteiger partial charge in [0.25, 0.3) is 0 Å². The Morgan fingerprint density at radius 1 is 1.19 bits per heavy atom. The van der Waals surface area contributed by atoms with E-state index in [4.69, 9.17) is 14.2 Å². The molecule has 37 heavy (non-hydrogen) atoms. The number of nitrogens with zero attached hydrogens (tertiary/aromatic N) is 3. The normalized spacial score (nSPS) is 24.0. The molecule has 0 aromatic carbocycles. The molecular weight excluding hydrogens is 518 g/mol. The SMILES string of the molecule is CSc1ncn2cc(C3=C(C(=O)OC(C)OC(=O)OC(C)C(C)(C)C)N4C(=O)[C@H]([C@@H](C)O)[C@H]4[C@H]3C)sc12. The molecule has 1 fully saturated rings. The van der Waals surface area contributed by atoms with Gasteiger partial charge in [0.1, 0.15) is 28.0 Å². The van der Waals surface area contributed by atoms with Gasteiger partial charge in [-0.25, -0.2) is 14.6 Å². The number of carbonyl (C=O) groups excluding carboxylic acids is 3. The molecule has 10 nitrogen and oxygen atoms in total. The third-order valence-electron chi connectivity index (χ3n) is 7.03. The monoisotopic (exact) mass is 551 g/mol. The van der Waals surface area contributed by atoms with E-state index in [-0.39, 0.29) is 29.0 Å². The number of thiazole rings is 1. The number of ether oxygens (including phenoxy) is 3. The summed E-state index contributed by atoms with van der Waals surface area (Å²) in [4.78, 5) is 46.2. The highest BCUT2D eigenvalue weighted by Crippen LogP contribution is 2.52. The van der Waals surface area contributed by atoms with E-state index in [1.807, 2.05) is 44.5 Å². The maximum atomic E-state index is 13.4. The fourth-order valence-electron chi connectivity index (χ4n) is 4.64. The van der Waals surface area contributed by atoms with Crippen molar-refractivity contribution in [3.63, 3.8) is 0 Å². The maximum Gasteiger partial charge on any atom is 0.511 e. The average Bonchev–Trinajstić information content (AvgIpc) is 3.42. The van der Waals surface area contributed by atoms with Gasteiger partial charge in [-0.05, 0) is 25.5 Å². The van der Waals surface area contributed by atoms with Crippen LogP contribution >= 0.6 is 23.1 Å². The fourth-order valence-corrected chi connectivity index (χ4v) is 6.56. The number of aromatic nitrogens is 2. The second-order valence-corrected chi connectivity index (χ2v) is 12.4. The van der Waals surface area contributed by atoms with Gasteiger partial charge in [0.15, 0.2) is 0 Å². The van der Waals surface area contributed by atoms with Gasteiger partial charge in [-0.2, -0.15) is 0 Å². The third-order valence-corrected chi connectivity index (χ3v) is 8.99. The van der Waals surface area contributed by atoms with Crippen LogP contribution in [0.15, 0.2) is 23.2 Å². The summed E-state index contributed by atoms with van der Waals surface area (Å²) in [6.07, 6.45) is 2.05. The number of rotatable bonds is 7. The van der Waals surface area contributed by atoms with Gasteiger partial charge < -0.3 is 24.2 Å². The lowest BCUT2D eigenvalue weighted by molar-refractivity contribution is -0.174. The molecule has 0 saturated carbocycles. The summed E-state index contributed by atoms with van der Waals surface area (Å²) in [7, 11) is 0. The molecule has 2 aromatic heterocycles. The number of thioether (sulfide) groups is 1. The van der Waals surface area contributed by atoms with Crippen LogP contribution in [0.3, 0.4) is 0 Å². The minimum Gasteiger partial charge on any atom is -0.431 e. The molecule has 1 N–H and O–H groups in total. The molecule has 4 heterocycles. The molecule has 6 atom stereocenters. The van der Waals surface area contributed by atoms with E-state index < -0.39 is 36.5 Å². The fraction of sp³-hybridized carbons (Fsp3) is 0.600. The number of aliphatic hydroxyl groups is 1. The molecule has 0 radical (unpaired) electrons. The van der Waals surface area contributed by atoms with Crippen molar-refractivity contribution in [3.8, 4) is 0 Å². The van der Waals surface area contributed by atoms with E-state index in [2.05, 4.69) is 4.98 Å². The predicted molar refractivity (Wildman–Crippen MR) is 139 cm³/mol. The lowest BCUT2D eigenvalue weighted by Gasteiger charge is -2.46. The summed E-state index contributed by atoms with van der Waals surface area (Å²) in [5.41, 5.74) is 0.473. The zero-order valence-corrected chi connectivity index (χ0v) is 23.8. The van der Waals surface area contributed by atoms with Crippen molar-refractivity contribution in [3.05, 3.63) is 23.1 Å². The Kier molecular flexibility index (Phi) is 7.39. The van der Waals surface area contributed by atoms with Crippen molar-refractivity contribution in [1.82, 2.24) is 14.3 Å². The minimum atomic E-state index is -1.24. The Morgan fingerprint density at radius 2 is 1.86 bits per heavy atom. The lowest BCUT2D eigenvalue weighted by atomic mass is 9.77. The van der Waals surface area contributed by atoms with Crippen molar-refractivity contribution in [2.45, 2.75) is 78.0 Å². The van der Waals surface area contributed by atoms with Crippen LogP contribution in [-0.2, 0) is 23.8 Å². The first kappa shape index (κ1) is 27.5. The minimum absolute atomic E-state index is 0.106. The molecule has 2 aromatic rings. The van der Waals surface area contributed by atoms with Crippen LogP contribution in [0.25, 0.3) is 10.4 Å². The van der Waals surface area contributed by atoms with E-state index >= 15 is 0 Å². The van der Waals surface area contributed by atoms with Crippen LogP contribution in [0.4, 0.5) is 4.79 Å². The molecule has 2 aliphatic rings. The number of hydrogen-bond donors (Lipinski definition) is 1. The Morgan fingerprint density at radius 3 is 2.46 bits per heavy atom. The number of carbonyl (C=O) groups is 3. The van der Waals surface area contributed by atoms with Gasteiger partial charge >= 0.3 is 12.1 Å². The van der Waals surface area contributed by atoms with Gasteiger partial charge in [-0.1, -0.05) is 27.7 Å². The van der Waals surface area contributed by atoms with Gasteiger partial charge in [0.2, 0.25) is 12.2 Å². The van der Waals surface area contributed by atoms with Crippen LogP contribution in [0.2, 0.25) is 0 Å². The predicted octanol–water partition coefficient (Wildman–Crippen LogP) is 4.16. The highest BCUT2D eigenvalue weighted by Gasteiger charge is 2.60. The van der Waals surface area contributed by atoms with Gasteiger partial charge in [0.05, 0.1) is 22.9 Å². The van der Waals surface area contributed by atoms with Crippen LogP contribution in [0, 0.1) is 17.3 Å². The average molecular weight is 552 g/mol. The van der Waals surface area contributed by atoms with E-state index in [9.17, 15) is 19.5 Å². The number of fused-ring (bicyclic) bond motifs is 2. The summed E-state index contributed by atoms with van der Waals surface area (Å²) < 4.78 is 17.8. The number of imidazole rings is 1. The molecule has 2 unspecified atom stereocenters. The van der Waals surface area contributed by atoms with Crippen LogP contribution in [0.1, 0.15) is 53.3 Å². The first-order valence-corrected chi connectivity index (χ1v) is 14.1. The van der Waals surface area contributed by atoms with Gasteiger partial charge in [-0.15, -0.1) is 23.1 Å². The van der Waals surface area contributed by atoms with E-state index in [0.29, 0.717) is 5.57 Å². The van der Waals surface area contributed by atoms with Crippen LogP contribution < -0.4 is 0 Å². The molecule has 202 valence electrons. The lowest BCUT2D eigenvalue weighted by Crippen LogP contribution is -2.63. The van der Waals surface area contributed by atoms with Crippen molar-refractivity contribution in [2.24, 2.45) is 17.3 Å². The molecule has 12 heteroatoms. The summed E-state index contributed by atoms with van der Waals surface area (Å²) in [6.45, 7) is 12.5. The number of hydrogen-bond acceptors (Lipinski definition) is 10. The number of aliphatic hydroxyl groups excluding tert-OH is 1. The molecule has 1 amide bonds. The Labute approximate surface area is 224 Å². The van der Waals surface area contributed by atoms with Crippen molar-refractivity contribution in [2.75, 3.05) is 6.26 Å². The first-order chi connectivity index (χ1) is 17.3. The summed E-state index contributed by atoms with van der Waals surface area (Å²) in [5, 5.41) is 11.1. The molecule has 4 rings (SSSR count). The zero-order chi connectivity index (χ0) is 27.4. The van der Waals surface area contributed by atoms with Gasteiger partial charge in [-0.3, -0.25) is 9.20 Å². The van der Waals surface area contributed by atoms with Crippen molar-refractivity contribution >= 4 is 51.5 Å². The quantitative estimate of drug-likeness (QED) is 0.234. The topological polar surface area (TPSA) is 120 Å². The molecular formula is C25H33N3O7S2. The number of amides is 1. The molecule has 0 bridgehead atoms. The zero-order valence-electron chi connectivity index (χ0n) is 22.2. The standard InChI is InChI=1S/C25H33N3O7S2/c1-11-16(15-9-27-10-26-20(36-8)22(27)37-15)19(28-18(11)17(12(2)29)21(28)30)23(31)34-14(4)35-24(32)33-13(3)25(5,6)7/h9-14,17-18,29H,1-8H3/t11-,12+,13?,14?,17+,18+/m0/s1. The third kappa shape index (κ3) is 4.86. The second kappa shape index (κ2) is 9.95. The first-order valence-electron chi connectivity index (χ1n) is 12.1. The van der Waals surface area contributed by atoms with Gasteiger partial charge in [0, 0.05) is 24.6 Å². The summed E-state index contributed by atoms with van der Waals surface area (Å²) in [6, 6.07) is -0.376. The molecule has 0 aliphatic carbocycles. The molecule has 0 spiro atoms. The molecule has 2 aliphatic heterocycles. The van der Waals surface area contributed by atoms with E-state index in [1.165, 1.54) is 34.9 Å². The maximum absolute atomic E-state index is 13.4. The van der Waals surface area contributed by atoms with Crippen molar-refractivity contribution < 1.29 is 33.7 Å².